The summed E-state index contributed by atoms with van der Waals surface area (Å²) in [6, 6.07) is 11.1. The van der Waals surface area contributed by atoms with Crippen molar-refractivity contribution in [1.29, 1.82) is 0 Å². The molecule has 0 bridgehead atoms. The molecule has 3 aliphatic rings. The Morgan fingerprint density at radius 3 is 1.90 bits per heavy atom. The van der Waals surface area contributed by atoms with Crippen LogP contribution < -0.4 is 14.2 Å². The molecule has 3 aliphatic heterocycles. The molecule has 0 amide bonds. The van der Waals surface area contributed by atoms with Crippen molar-refractivity contribution in [3.05, 3.63) is 66.2 Å². The van der Waals surface area contributed by atoms with Gasteiger partial charge in [-0.2, -0.15) is 0 Å². The van der Waals surface area contributed by atoms with Crippen LogP contribution in [-0.2, 0) is 28.5 Å². The number of esters is 1. The Kier molecular flexibility index (Phi) is 15.2. The topological polar surface area (TPSA) is 385 Å². The monoisotopic (exact) mass is 949 g/mol. The Balaban J connectivity index is 1.28. The molecule has 3 saturated heterocycles. The Labute approximate surface area is 378 Å². The molecule has 0 spiro atoms. The molecule has 3 aromatic carbocycles. The maximum atomic E-state index is 12.8. The number of hydrogen-bond donors (Lipinski definition) is 14. The average Bonchev–Trinajstić information content (AvgIpc) is 3.31. The van der Waals surface area contributed by atoms with Crippen LogP contribution in [0.5, 0.6) is 40.2 Å². The van der Waals surface area contributed by atoms with Gasteiger partial charge in [0, 0.05) is 24.3 Å². The first kappa shape index (κ1) is 49.2. The summed E-state index contributed by atoms with van der Waals surface area (Å²) in [7, 11) is 1.26. The second-order valence-corrected chi connectivity index (χ2v) is 15.6. The number of aliphatic hydroxyl groups is 10. The van der Waals surface area contributed by atoms with Crippen LogP contribution in [-0.4, -0.2) is 197 Å². The minimum absolute atomic E-state index is 0.0595. The highest BCUT2D eigenvalue weighted by molar-refractivity contribution is 5.89. The molecule has 364 valence electrons. The number of methoxy groups -OCH3 is 1. The fourth-order valence-electron chi connectivity index (χ4n) is 7.43. The molecular weight excluding hydrogens is 900 g/mol. The van der Waals surface area contributed by atoms with Crippen molar-refractivity contribution in [2.75, 3.05) is 26.9 Å². The van der Waals surface area contributed by atoms with E-state index in [1.807, 2.05) is 0 Å². The van der Waals surface area contributed by atoms with E-state index in [0.29, 0.717) is 0 Å². The minimum atomic E-state index is -2.08. The normalized spacial score (nSPS) is 32.3. The lowest BCUT2D eigenvalue weighted by Crippen LogP contribution is -2.65. The van der Waals surface area contributed by atoms with Gasteiger partial charge in [-0.3, -0.25) is 0 Å². The molecule has 3 fully saturated rings. The molecule has 4 heterocycles. The lowest BCUT2D eigenvalue weighted by atomic mass is 9.97. The maximum absolute atomic E-state index is 12.8. The first-order valence-corrected chi connectivity index (χ1v) is 20.4. The molecule has 1 aromatic heterocycles. The van der Waals surface area contributed by atoms with Crippen LogP contribution in [0, 0.1) is 0 Å². The molecule has 15 atom stereocenters. The van der Waals surface area contributed by atoms with E-state index in [-0.39, 0.29) is 50.9 Å². The van der Waals surface area contributed by atoms with Gasteiger partial charge in [-0.25, -0.2) is 9.21 Å². The molecule has 0 saturated carbocycles. The number of ether oxygens (including phenoxy) is 8. The van der Waals surface area contributed by atoms with E-state index in [9.17, 15) is 76.3 Å². The molecule has 7 rings (SSSR count). The second-order valence-electron chi connectivity index (χ2n) is 15.6. The molecule has 24 nitrogen and oxygen atoms in total. The summed E-state index contributed by atoms with van der Waals surface area (Å²) in [5.74, 6) is -3.56. The first-order valence-electron chi connectivity index (χ1n) is 20.4. The molecule has 0 aliphatic carbocycles. The third-order valence-electron chi connectivity index (χ3n) is 11.2. The van der Waals surface area contributed by atoms with Crippen LogP contribution in [0.15, 0.2) is 65.1 Å². The summed E-state index contributed by atoms with van der Waals surface area (Å²) >= 11 is 0. The van der Waals surface area contributed by atoms with Crippen LogP contribution in [0.25, 0.3) is 28.4 Å². The summed E-state index contributed by atoms with van der Waals surface area (Å²) in [5, 5.41) is 146. The molecule has 24 heteroatoms. The Morgan fingerprint density at radius 1 is 0.627 bits per heavy atom. The largest absolute Gasteiger partial charge is 0.507 e. The zero-order valence-electron chi connectivity index (χ0n) is 35.0. The number of carbonyl (C=O) groups excluding carboxylic acids is 1. The standard InChI is InChI=1S/C43H48O24/c1-59-25-9-17(4-6-21(25)48)39-26(12-19-23(61-39)10-18(46)11-24(19)62-41-37(57)34(54)31(51)27(13-44)64-41)63-43-40(67-42-38(58)35(55)32(52)28(14-45)65-42)36(56)33(53)29(66-43)15-60-30(50)7-3-16-2-5-20(47)22(49)8-16/h2-12,27-29,31-38,40-45,51-58H,13-15H2,1H3,(H3-,46,47,48,49,50)/p+1/t27-,28-,29-,31-,32-,33-,34+,35+,36+,37-,38-,40-,41-,42+,43+/m1/s1. The molecule has 14 N–H and O–H groups in total. The number of benzene rings is 3. The number of phenols is 4. The third kappa shape index (κ3) is 10.4. The summed E-state index contributed by atoms with van der Waals surface area (Å²) < 4.78 is 52.1. The zero-order chi connectivity index (χ0) is 48.4. The van der Waals surface area contributed by atoms with Crippen LogP contribution in [0.4, 0.5) is 0 Å². The Bertz CT molecular complexity index is 2390. The van der Waals surface area contributed by atoms with Gasteiger partial charge in [0.05, 0.1) is 32.0 Å². The van der Waals surface area contributed by atoms with Crippen molar-refractivity contribution in [2.45, 2.75) is 92.1 Å². The summed E-state index contributed by atoms with van der Waals surface area (Å²) in [4.78, 5) is 12.8. The number of phenolic OH excluding ortho intramolecular Hbond substituents is 4. The van der Waals surface area contributed by atoms with Gasteiger partial charge in [-0.15, -0.1) is 0 Å². The number of rotatable bonds is 14. The zero-order valence-corrected chi connectivity index (χ0v) is 35.0. The molecular formula is C43H49O24+. The van der Waals surface area contributed by atoms with Crippen LogP contribution in [0.3, 0.4) is 0 Å². The van der Waals surface area contributed by atoms with E-state index >= 15 is 0 Å². The molecule has 67 heavy (non-hydrogen) atoms. The molecule has 4 aromatic rings. The van der Waals surface area contributed by atoms with Crippen molar-refractivity contribution in [3.8, 4) is 51.6 Å². The number of carbonyl (C=O) groups is 1. The van der Waals surface area contributed by atoms with Crippen LogP contribution >= 0.6 is 0 Å². The Morgan fingerprint density at radius 2 is 1.24 bits per heavy atom. The van der Waals surface area contributed by atoms with E-state index in [1.165, 1.54) is 49.6 Å². The quantitative estimate of drug-likeness (QED) is 0.0272. The van der Waals surface area contributed by atoms with Gasteiger partial charge in [-0.1, -0.05) is 6.07 Å². The van der Waals surface area contributed by atoms with E-state index in [1.54, 1.807) is 0 Å². The fourth-order valence-corrected chi connectivity index (χ4v) is 7.43. The smallest absolute Gasteiger partial charge is 0.402 e. The van der Waals surface area contributed by atoms with Crippen LogP contribution in [0.1, 0.15) is 5.56 Å². The van der Waals surface area contributed by atoms with Gasteiger partial charge in [0.15, 0.2) is 35.4 Å². The number of hydrogen-bond acceptors (Lipinski definition) is 23. The average molecular weight is 950 g/mol. The van der Waals surface area contributed by atoms with E-state index in [2.05, 4.69) is 0 Å². The van der Waals surface area contributed by atoms with Crippen molar-refractivity contribution in [1.82, 2.24) is 0 Å². The summed E-state index contributed by atoms with van der Waals surface area (Å²) in [6.07, 6.45) is -25.3. The van der Waals surface area contributed by atoms with Gasteiger partial charge in [0.1, 0.15) is 90.6 Å². The van der Waals surface area contributed by atoms with Crippen molar-refractivity contribution in [3.63, 3.8) is 0 Å². The number of fused-ring (bicyclic) bond motifs is 1. The van der Waals surface area contributed by atoms with Gasteiger partial charge < -0.3 is 109 Å². The number of aromatic hydroxyl groups is 4. The van der Waals surface area contributed by atoms with E-state index in [0.717, 1.165) is 24.3 Å². The second kappa shape index (κ2) is 20.7. The van der Waals surface area contributed by atoms with Crippen LogP contribution in [0.2, 0.25) is 0 Å². The van der Waals surface area contributed by atoms with Crippen molar-refractivity contribution < 1.29 is 119 Å². The van der Waals surface area contributed by atoms with Gasteiger partial charge in [0.25, 0.3) is 0 Å². The van der Waals surface area contributed by atoms with Crippen molar-refractivity contribution >= 4 is 23.0 Å². The first-order chi connectivity index (χ1) is 31.9. The number of aliphatic hydroxyl groups excluding tert-OH is 10. The van der Waals surface area contributed by atoms with E-state index in [4.69, 9.17) is 42.3 Å². The fraction of sp³-hybridized carbons (Fsp3) is 0.442. The predicted molar refractivity (Wildman–Crippen MR) is 220 cm³/mol. The highest BCUT2D eigenvalue weighted by Crippen LogP contribution is 2.44. The molecule has 0 unspecified atom stereocenters. The van der Waals surface area contributed by atoms with Gasteiger partial charge in [-0.05, 0) is 35.9 Å². The molecule has 0 radical (unpaired) electrons. The Hall–Kier alpha value is -5.68. The SMILES string of the molecule is COc1cc(-c2[o+]c3cc(O)cc(O[C@@H]4O[C@H](CO)[C@@H](O)[C@H](O)[C@H]4O)c3cc2O[C@H]2O[C@H](COC(=O)C=Cc3ccc(O)c(O)c3)[C@@H](O)[C@H](O)[C@H]2O[C@@H]2O[C@H](CO)[C@@H](O)[C@H](O)[C@H]2O)ccc1O. The van der Waals surface area contributed by atoms with Gasteiger partial charge in [0.2, 0.25) is 18.3 Å². The lowest BCUT2D eigenvalue weighted by molar-refractivity contribution is -0.357. The lowest BCUT2D eigenvalue weighted by Gasteiger charge is -2.45. The highest BCUT2D eigenvalue weighted by Gasteiger charge is 2.52. The van der Waals surface area contributed by atoms with Gasteiger partial charge >= 0.3 is 17.3 Å². The maximum Gasteiger partial charge on any atom is 0.402 e. The predicted octanol–water partition coefficient (Wildman–Crippen LogP) is -2.34. The van der Waals surface area contributed by atoms with E-state index < -0.39 is 135 Å². The highest BCUT2D eigenvalue weighted by atomic mass is 16.8. The van der Waals surface area contributed by atoms with Crippen molar-refractivity contribution in [2.24, 2.45) is 0 Å². The summed E-state index contributed by atoms with van der Waals surface area (Å²) in [6.45, 7) is -2.43. The minimum Gasteiger partial charge on any atom is -0.507 e. The third-order valence-corrected chi connectivity index (χ3v) is 11.2. The summed E-state index contributed by atoms with van der Waals surface area (Å²) in [5.41, 5.74) is 0.259.